The molecule has 6 heterocycles. The molecule has 0 aromatic heterocycles. The normalized spacial score (nSPS) is 38.1. The number of hydrogen-bond donors (Lipinski definition) is 0. The van der Waals surface area contributed by atoms with E-state index in [0.29, 0.717) is 26.4 Å². The number of nitrogens with zero attached hydrogens (tertiary/aromatic N) is 2. The third-order valence-corrected chi connectivity index (χ3v) is 7.67. The van der Waals surface area contributed by atoms with Crippen LogP contribution in [0.25, 0.3) is 0 Å². The molecule has 0 spiro atoms. The number of carbonyl (C=O) groups is 4. The lowest BCUT2D eigenvalue weighted by Gasteiger charge is -2.17. The zero-order chi connectivity index (χ0) is 24.1. The highest BCUT2D eigenvalue weighted by atomic mass is 16.5. The second kappa shape index (κ2) is 9.21. The van der Waals surface area contributed by atoms with Crippen molar-refractivity contribution < 1.29 is 42.9 Å². The highest BCUT2D eigenvalue weighted by Crippen LogP contribution is 2.45. The first-order valence-electron chi connectivity index (χ1n) is 12.2. The molecule has 0 aromatic carbocycles. The first-order valence-corrected chi connectivity index (χ1v) is 12.2. The summed E-state index contributed by atoms with van der Waals surface area (Å²) < 4.78 is 27.7. The van der Waals surface area contributed by atoms with Gasteiger partial charge in [0.15, 0.2) is 0 Å². The van der Waals surface area contributed by atoms with Crippen molar-refractivity contribution in [2.75, 3.05) is 52.7 Å². The van der Waals surface area contributed by atoms with E-state index in [9.17, 15) is 19.2 Å². The average molecular weight is 488 g/mol. The van der Waals surface area contributed by atoms with Gasteiger partial charge in [-0.2, -0.15) is 0 Å². The van der Waals surface area contributed by atoms with E-state index in [-0.39, 0.29) is 98.0 Å². The van der Waals surface area contributed by atoms with Crippen molar-refractivity contribution in [2.24, 2.45) is 23.7 Å². The number of ether oxygens (including phenoxy) is 5. The van der Waals surface area contributed by atoms with Crippen LogP contribution in [0.1, 0.15) is 0 Å². The minimum Gasteiger partial charge on any atom is -0.377 e. The Bertz CT molecular complexity index is 844. The van der Waals surface area contributed by atoms with Crippen LogP contribution in [0.4, 0.5) is 0 Å². The molecule has 4 unspecified atom stereocenters. The topological polar surface area (TPSA) is 121 Å². The second-order valence-electron chi connectivity index (χ2n) is 9.50. The number of fused-ring (bicyclic) bond motifs is 10. The maximum Gasteiger partial charge on any atom is 0.236 e. The first-order chi connectivity index (χ1) is 17.1. The quantitative estimate of drug-likeness (QED) is 0.192. The lowest BCUT2D eigenvalue weighted by Crippen LogP contribution is -2.37. The Morgan fingerprint density at radius 1 is 0.514 bits per heavy atom. The minimum atomic E-state index is -0.386. The summed E-state index contributed by atoms with van der Waals surface area (Å²) in [5.41, 5.74) is 0. The van der Waals surface area contributed by atoms with Crippen LogP contribution >= 0.6 is 0 Å². The van der Waals surface area contributed by atoms with Gasteiger partial charge in [-0.25, -0.2) is 0 Å². The van der Waals surface area contributed by atoms with E-state index in [1.165, 1.54) is 9.80 Å². The van der Waals surface area contributed by atoms with Crippen LogP contribution in [0, 0.1) is 23.7 Å². The van der Waals surface area contributed by atoms with Crippen LogP contribution in [0.2, 0.25) is 0 Å². The molecule has 0 radical (unpaired) electrons. The van der Waals surface area contributed by atoms with E-state index >= 15 is 0 Å². The van der Waals surface area contributed by atoms with Gasteiger partial charge in [-0.05, 0) is 0 Å². The van der Waals surface area contributed by atoms with Crippen LogP contribution in [-0.4, -0.2) is 111 Å². The fourth-order valence-corrected chi connectivity index (χ4v) is 6.03. The molecule has 4 saturated heterocycles. The standard InChI is InChI=1S/C24H28N2O9/c27-21-17-13-1-2-14(34-13)18(17)22(28)25(21)5-7-31-9-11-33-12-10-32-8-6-26-23(29)19-15-3-4-16(35-15)20(19)24(26)30/h1-4,13-20H,5-12H2/t13-,14+,15-,16+,17?,18?,19?,20?. The smallest absolute Gasteiger partial charge is 0.236 e. The molecular weight excluding hydrogens is 460 g/mol. The molecule has 11 heteroatoms. The Balaban J connectivity index is 0.802. The van der Waals surface area contributed by atoms with Crippen molar-refractivity contribution in [3.63, 3.8) is 0 Å². The van der Waals surface area contributed by atoms with Gasteiger partial charge in [0, 0.05) is 0 Å². The number of carbonyl (C=O) groups excluding carboxylic acids is 4. The number of likely N-dealkylation sites (tertiary alicyclic amines) is 2. The highest BCUT2D eigenvalue weighted by Gasteiger charge is 2.61. The summed E-state index contributed by atoms with van der Waals surface area (Å²) in [6.07, 6.45) is 6.35. The molecule has 8 atom stereocenters. The molecule has 0 aromatic rings. The third kappa shape index (κ3) is 3.77. The predicted molar refractivity (Wildman–Crippen MR) is 115 cm³/mol. The largest absolute Gasteiger partial charge is 0.377 e. The van der Waals surface area contributed by atoms with Gasteiger partial charge in [0.05, 0.1) is 101 Å². The van der Waals surface area contributed by atoms with Crippen molar-refractivity contribution in [2.45, 2.75) is 24.4 Å². The fraction of sp³-hybridized carbons (Fsp3) is 0.667. The molecule has 4 fully saturated rings. The van der Waals surface area contributed by atoms with Crippen molar-refractivity contribution >= 4 is 23.6 Å². The van der Waals surface area contributed by atoms with Crippen molar-refractivity contribution in [1.29, 1.82) is 0 Å². The molecular formula is C24H28N2O9. The van der Waals surface area contributed by atoms with Crippen LogP contribution in [-0.2, 0) is 42.9 Å². The van der Waals surface area contributed by atoms with Crippen LogP contribution in [0.3, 0.4) is 0 Å². The van der Waals surface area contributed by atoms with Gasteiger partial charge in [-0.1, -0.05) is 24.3 Å². The summed E-state index contributed by atoms with van der Waals surface area (Å²) in [7, 11) is 0. The van der Waals surface area contributed by atoms with Gasteiger partial charge >= 0.3 is 0 Å². The molecule has 4 bridgehead atoms. The summed E-state index contributed by atoms with van der Waals surface area (Å²) in [6, 6.07) is 0. The Morgan fingerprint density at radius 2 is 0.800 bits per heavy atom. The number of amides is 4. The molecule has 0 saturated carbocycles. The van der Waals surface area contributed by atoms with E-state index in [4.69, 9.17) is 23.7 Å². The SMILES string of the molecule is O=C1C2C(C(=O)N1CCOCCOCCOCCN1C(=O)C3C(C1=O)[C@H]1C=C[C@@H]3O1)[C@H]1C=C[C@@H]2O1. The Labute approximate surface area is 201 Å². The summed E-state index contributed by atoms with van der Waals surface area (Å²) in [6.45, 7) is 2.32. The predicted octanol–water partition coefficient (Wildman–Crippen LogP) is -1.09. The number of hydrogen-bond acceptors (Lipinski definition) is 9. The monoisotopic (exact) mass is 488 g/mol. The van der Waals surface area contributed by atoms with Crippen LogP contribution in [0.15, 0.2) is 24.3 Å². The fourth-order valence-electron chi connectivity index (χ4n) is 6.03. The Kier molecular flexibility index (Phi) is 6.05. The summed E-state index contributed by atoms with van der Waals surface area (Å²) in [5.74, 6) is -2.24. The summed E-state index contributed by atoms with van der Waals surface area (Å²) in [4.78, 5) is 52.7. The summed E-state index contributed by atoms with van der Waals surface area (Å²) >= 11 is 0. The molecule has 35 heavy (non-hydrogen) atoms. The zero-order valence-electron chi connectivity index (χ0n) is 19.2. The van der Waals surface area contributed by atoms with Gasteiger partial charge < -0.3 is 23.7 Å². The van der Waals surface area contributed by atoms with Gasteiger partial charge in [-0.3, -0.25) is 29.0 Å². The van der Waals surface area contributed by atoms with Gasteiger partial charge in [-0.15, -0.1) is 0 Å². The zero-order valence-corrected chi connectivity index (χ0v) is 19.2. The van der Waals surface area contributed by atoms with Gasteiger partial charge in [0.1, 0.15) is 0 Å². The molecule has 0 N–H and O–H groups in total. The van der Waals surface area contributed by atoms with Crippen LogP contribution in [0.5, 0.6) is 0 Å². The third-order valence-electron chi connectivity index (χ3n) is 7.67. The molecule has 0 aliphatic carbocycles. The van der Waals surface area contributed by atoms with E-state index in [1.807, 2.05) is 24.3 Å². The summed E-state index contributed by atoms with van der Waals surface area (Å²) in [5, 5.41) is 0. The van der Waals surface area contributed by atoms with Crippen molar-refractivity contribution in [3.05, 3.63) is 24.3 Å². The Morgan fingerprint density at radius 3 is 1.11 bits per heavy atom. The first kappa shape index (κ1) is 23.0. The van der Waals surface area contributed by atoms with Crippen molar-refractivity contribution in [3.8, 4) is 0 Å². The lowest BCUT2D eigenvalue weighted by molar-refractivity contribution is -0.144. The van der Waals surface area contributed by atoms with E-state index in [2.05, 4.69) is 0 Å². The molecule has 4 amide bonds. The van der Waals surface area contributed by atoms with E-state index in [0.717, 1.165) is 0 Å². The van der Waals surface area contributed by atoms with E-state index < -0.39 is 0 Å². The minimum absolute atomic E-state index is 0.174. The number of imide groups is 2. The van der Waals surface area contributed by atoms with E-state index in [1.54, 1.807) is 0 Å². The highest BCUT2D eigenvalue weighted by molar-refractivity contribution is 6.07. The maximum absolute atomic E-state index is 12.5. The molecule has 6 rings (SSSR count). The lowest BCUT2D eigenvalue weighted by atomic mass is 9.85. The number of rotatable bonds is 12. The maximum atomic E-state index is 12.5. The molecule has 11 nitrogen and oxygen atoms in total. The molecule has 188 valence electrons. The molecule has 6 aliphatic rings. The van der Waals surface area contributed by atoms with Gasteiger partial charge in [0.2, 0.25) is 23.6 Å². The van der Waals surface area contributed by atoms with Crippen LogP contribution < -0.4 is 0 Å². The molecule has 6 aliphatic heterocycles. The second-order valence-corrected chi connectivity index (χ2v) is 9.50. The van der Waals surface area contributed by atoms with Gasteiger partial charge in [0.25, 0.3) is 0 Å². The Hall–Kier alpha value is -2.44. The average Bonchev–Trinajstić information content (AvgIpc) is 3.69. The van der Waals surface area contributed by atoms with Crippen molar-refractivity contribution in [1.82, 2.24) is 9.80 Å².